The fourth-order valence-electron chi connectivity index (χ4n) is 1.41. The van der Waals surface area contributed by atoms with Crippen LogP contribution in [-0.2, 0) is 19.3 Å². The number of rotatable bonds is 5. The van der Waals surface area contributed by atoms with Crippen molar-refractivity contribution in [1.82, 2.24) is 0 Å². The molecular weight excluding hydrogens is 216 g/mol. The smallest absolute Gasteiger partial charge is 0.174 e. The second-order valence-electron chi connectivity index (χ2n) is 4.07. The Morgan fingerprint density at radius 3 is 2.53 bits per heavy atom. The van der Waals surface area contributed by atoms with E-state index in [9.17, 15) is 8.42 Å². The van der Waals surface area contributed by atoms with Gasteiger partial charge in [-0.2, -0.15) is 0 Å². The minimum absolute atomic E-state index is 0.0555. The van der Waals surface area contributed by atoms with Gasteiger partial charge in [-0.1, -0.05) is 13.8 Å². The molecule has 2 unspecified atom stereocenters. The molecule has 88 valence electrons. The lowest BCUT2D eigenvalue weighted by Gasteiger charge is -2.23. The van der Waals surface area contributed by atoms with Gasteiger partial charge in [-0.25, -0.2) is 8.42 Å². The molecule has 0 aromatic heterocycles. The maximum Gasteiger partial charge on any atom is 0.174 e. The van der Waals surface area contributed by atoms with E-state index in [0.29, 0.717) is 12.5 Å². The number of hydrogen-bond donors (Lipinski definition) is 0. The van der Waals surface area contributed by atoms with Gasteiger partial charge >= 0.3 is 0 Å². The maximum atomic E-state index is 11.2. The second-order valence-corrected chi connectivity index (χ2v) is 6.00. The molecule has 0 spiro atoms. The molecule has 0 bridgehead atoms. The van der Waals surface area contributed by atoms with Crippen molar-refractivity contribution in [2.24, 2.45) is 5.92 Å². The summed E-state index contributed by atoms with van der Waals surface area (Å²) in [5, 5.41) is 1.22. The van der Waals surface area contributed by atoms with Crippen LogP contribution < -0.4 is 0 Å². The van der Waals surface area contributed by atoms with Crippen molar-refractivity contribution in [2.45, 2.75) is 26.1 Å². The van der Waals surface area contributed by atoms with Crippen LogP contribution in [0.15, 0.2) is 11.5 Å². The predicted molar refractivity (Wildman–Crippen MR) is 58.3 cm³/mol. The van der Waals surface area contributed by atoms with Crippen molar-refractivity contribution in [3.63, 3.8) is 0 Å². The monoisotopic (exact) mass is 234 g/mol. The Bertz CT molecular complexity index is 318. The zero-order chi connectivity index (χ0) is 11.5. The van der Waals surface area contributed by atoms with Gasteiger partial charge in [-0.3, -0.25) is 0 Å². The van der Waals surface area contributed by atoms with Crippen LogP contribution in [-0.4, -0.2) is 40.1 Å². The summed E-state index contributed by atoms with van der Waals surface area (Å²) in [6.45, 7) is 4.54. The average Bonchev–Trinajstić information content (AvgIpc) is 2.44. The molecule has 2 atom stereocenters. The fourth-order valence-corrected chi connectivity index (χ4v) is 2.58. The summed E-state index contributed by atoms with van der Waals surface area (Å²) in [7, 11) is -1.42. The van der Waals surface area contributed by atoms with Crippen LogP contribution in [0.5, 0.6) is 0 Å². The van der Waals surface area contributed by atoms with E-state index >= 15 is 0 Å². The zero-order valence-electron chi connectivity index (χ0n) is 9.34. The van der Waals surface area contributed by atoms with E-state index in [-0.39, 0.29) is 18.0 Å². The van der Waals surface area contributed by atoms with E-state index in [4.69, 9.17) is 9.47 Å². The molecule has 1 rings (SSSR count). The van der Waals surface area contributed by atoms with Gasteiger partial charge in [-0.05, 0) is 12.0 Å². The largest absolute Gasteiger partial charge is 0.382 e. The van der Waals surface area contributed by atoms with Crippen molar-refractivity contribution in [3.05, 3.63) is 11.5 Å². The lowest BCUT2D eigenvalue weighted by molar-refractivity contribution is -0.0448. The van der Waals surface area contributed by atoms with Gasteiger partial charge in [0.05, 0.1) is 24.6 Å². The van der Waals surface area contributed by atoms with Crippen LogP contribution in [0.1, 0.15) is 13.8 Å². The van der Waals surface area contributed by atoms with Crippen molar-refractivity contribution in [2.75, 3.05) is 19.5 Å². The summed E-state index contributed by atoms with van der Waals surface area (Å²) in [5.74, 6) is 0.363. The van der Waals surface area contributed by atoms with Crippen LogP contribution in [0.4, 0.5) is 0 Å². The summed E-state index contributed by atoms with van der Waals surface area (Å²) >= 11 is 0. The van der Waals surface area contributed by atoms with Gasteiger partial charge < -0.3 is 9.47 Å². The molecular formula is C10H18O4S. The lowest BCUT2D eigenvalue weighted by Crippen LogP contribution is -2.31. The fraction of sp³-hybridized carbons (Fsp3) is 0.800. The van der Waals surface area contributed by atoms with Crippen molar-refractivity contribution in [1.29, 1.82) is 0 Å². The minimum atomic E-state index is -3.03. The van der Waals surface area contributed by atoms with E-state index in [0.717, 1.165) is 0 Å². The minimum Gasteiger partial charge on any atom is -0.382 e. The molecule has 0 aromatic carbocycles. The molecule has 0 saturated heterocycles. The Morgan fingerprint density at radius 1 is 1.47 bits per heavy atom. The summed E-state index contributed by atoms with van der Waals surface area (Å²) < 4.78 is 33.0. The van der Waals surface area contributed by atoms with Crippen molar-refractivity contribution >= 4 is 9.84 Å². The molecule has 1 aliphatic heterocycles. The van der Waals surface area contributed by atoms with Crippen molar-refractivity contribution in [3.8, 4) is 0 Å². The average molecular weight is 234 g/mol. The van der Waals surface area contributed by atoms with Gasteiger partial charge in [0, 0.05) is 12.5 Å². The van der Waals surface area contributed by atoms with Gasteiger partial charge in [0.25, 0.3) is 0 Å². The molecule has 0 amide bonds. The highest BCUT2D eigenvalue weighted by Crippen LogP contribution is 2.17. The second kappa shape index (κ2) is 5.09. The standard InChI is InChI=1S/C10H18O4S/c1-8(2)10(6-13-3)14-9-4-5-15(11,12)7-9/h4-5,8-10H,6-7H2,1-3H3. The summed E-state index contributed by atoms with van der Waals surface area (Å²) in [6, 6.07) is 0. The van der Waals surface area contributed by atoms with Gasteiger partial charge in [0.15, 0.2) is 9.84 Å². The molecule has 0 aliphatic carbocycles. The van der Waals surface area contributed by atoms with Crippen LogP contribution in [0.25, 0.3) is 0 Å². The van der Waals surface area contributed by atoms with E-state index in [1.165, 1.54) is 5.41 Å². The molecule has 4 nitrogen and oxygen atoms in total. The third kappa shape index (κ3) is 3.93. The quantitative estimate of drug-likeness (QED) is 0.711. The molecule has 15 heavy (non-hydrogen) atoms. The highest BCUT2D eigenvalue weighted by molar-refractivity contribution is 7.94. The first-order valence-electron chi connectivity index (χ1n) is 5.00. The SMILES string of the molecule is COCC(OC1C=CS(=O)(=O)C1)C(C)C. The highest BCUT2D eigenvalue weighted by Gasteiger charge is 2.26. The Balaban J connectivity index is 2.50. The first kappa shape index (κ1) is 12.7. The topological polar surface area (TPSA) is 52.6 Å². The van der Waals surface area contributed by atoms with Crippen molar-refractivity contribution < 1.29 is 17.9 Å². The summed E-state index contributed by atoms with van der Waals surface area (Å²) in [5.41, 5.74) is 0. The lowest BCUT2D eigenvalue weighted by atomic mass is 10.1. The maximum absolute atomic E-state index is 11.2. The number of sulfone groups is 1. The molecule has 0 radical (unpaired) electrons. The highest BCUT2D eigenvalue weighted by atomic mass is 32.2. The molecule has 0 fully saturated rings. The van der Waals surface area contributed by atoms with E-state index in [1.807, 2.05) is 13.8 Å². The van der Waals surface area contributed by atoms with E-state index < -0.39 is 9.84 Å². The number of ether oxygens (including phenoxy) is 2. The third-order valence-corrected chi connectivity index (χ3v) is 3.69. The molecule has 1 aliphatic rings. The van der Waals surface area contributed by atoms with Crippen LogP contribution in [0, 0.1) is 5.92 Å². The Morgan fingerprint density at radius 2 is 2.13 bits per heavy atom. The first-order valence-corrected chi connectivity index (χ1v) is 6.71. The van der Waals surface area contributed by atoms with Crippen LogP contribution in [0.2, 0.25) is 0 Å². The zero-order valence-corrected chi connectivity index (χ0v) is 10.2. The molecule has 0 saturated carbocycles. The predicted octanol–water partition coefficient (Wildman–Crippen LogP) is 0.985. The normalized spacial score (nSPS) is 26.0. The Hall–Kier alpha value is -0.390. The number of methoxy groups -OCH3 is 1. The Labute approximate surface area is 91.2 Å². The van der Waals surface area contributed by atoms with Gasteiger partial charge in [0.2, 0.25) is 0 Å². The summed E-state index contributed by atoms with van der Waals surface area (Å²) in [6.07, 6.45) is 1.22. The third-order valence-electron chi connectivity index (χ3n) is 2.32. The molecule has 1 heterocycles. The van der Waals surface area contributed by atoms with Gasteiger partial charge in [0.1, 0.15) is 0 Å². The Kier molecular flexibility index (Phi) is 4.31. The first-order chi connectivity index (χ1) is 6.94. The molecule has 5 heteroatoms. The van der Waals surface area contributed by atoms with Crippen LogP contribution in [0.3, 0.4) is 0 Å². The molecule has 0 aromatic rings. The van der Waals surface area contributed by atoms with Crippen LogP contribution >= 0.6 is 0 Å². The molecule has 0 N–H and O–H groups in total. The van der Waals surface area contributed by atoms with E-state index in [1.54, 1.807) is 13.2 Å². The van der Waals surface area contributed by atoms with Gasteiger partial charge in [-0.15, -0.1) is 0 Å². The number of hydrogen-bond acceptors (Lipinski definition) is 4. The summed E-state index contributed by atoms with van der Waals surface area (Å²) in [4.78, 5) is 0. The van der Waals surface area contributed by atoms with E-state index in [2.05, 4.69) is 0 Å².